The fraction of sp³-hybridized carbons (Fsp3) is 0.409. The Labute approximate surface area is 180 Å². The monoisotopic (exact) mass is 481 g/mol. The average Bonchev–Trinajstić information content (AvgIpc) is 2.69. The van der Waals surface area contributed by atoms with Gasteiger partial charge in [0.15, 0.2) is 5.96 Å². The van der Waals surface area contributed by atoms with Gasteiger partial charge < -0.3 is 15.4 Å². The molecule has 0 radical (unpaired) electrons. The van der Waals surface area contributed by atoms with Gasteiger partial charge in [0, 0.05) is 26.2 Å². The Hall–Kier alpha value is -1.60. The smallest absolute Gasteiger partial charge is 0.191 e. The highest BCUT2D eigenvalue weighted by atomic mass is 127. The molecule has 0 saturated carbocycles. The predicted octanol–water partition coefficient (Wildman–Crippen LogP) is 4.53. The van der Waals surface area contributed by atoms with Crippen LogP contribution >= 0.6 is 24.0 Å². The summed E-state index contributed by atoms with van der Waals surface area (Å²) in [5.74, 6) is 0.830. The van der Waals surface area contributed by atoms with E-state index in [1.165, 1.54) is 16.7 Å². The molecule has 0 saturated heterocycles. The highest BCUT2D eigenvalue weighted by Gasteiger charge is 2.07. The standard InChI is InChI=1S/C22H31N3O.HI/c1-4-26-17-21-13-9-8-12-20(21)16-24-22(23-3)25-18(2)14-15-19-10-6-5-7-11-19;/h5-13,18H,4,14-17H2,1-3H3,(H2,23,24,25);1H. The molecule has 0 amide bonds. The summed E-state index contributed by atoms with van der Waals surface area (Å²) in [4.78, 5) is 4.35. The third kappa shape index (κ3) is 8.75. The second-order valence-corrected chi connectivity index (χ2v) is 6.40. The zero-order valence-electron chi connectivity index (χ0n) is 16.6. The molecule has 2 N–H and O–H groups in total. The van der Waals surface area contributed by atoms with E-state index in [1.807, 2.05) is 14.0 Å². The number of nitrogens with zero attached hydrogens (tertiary/aromatic N) is 1. The van der Waals surface area contributed by atoms with Crippen LogP contribution in [0.1, 0.15) is 37.0 Å². The second-order valence-electron chi connectivity index (χ2n) is 6.40. The van der Waals surface area contributed by atoms with Gasteiger partial charge in [-0.1, -0.05) is 54.6 Å². The zero-order chi connectivity index (χ0) is 18.6. The maximum absolute atomic E-state index is 5.56. The van der Waals surface area contributed by atoms with E-state index >= 15 is 0 Å². The van der Waals surface area contributed by atoms with Crippen molar-refractivity contribution in [1.82, 2.24) is 10.6 Å². The predicted molar refractivity (Wildman–Crippen MR) is 125 cm³/mol. The van der Waals surface area contributed by atoms with Crippen molar-refractivity contribution in [1.29, 1.82) is 0 Å². The molecule has 2 aromatic carbocycles. The lowest BCUT2D eigenvalue weighted by Gasteiger charge is -2.19. The first-order chi connectivity index (χ1) is 12.7. The van der Waals surface area contributed by atoms with Gasteiger partial charge in [0.2, 0.25) is 0 Å². The minimum atomic E-state index is 0. The minimum Gasteiger partial charge on any atom is -0.377 e. The highest BCUT2D eigenvalue weighted by molar-refractivity contribution is 14.0. The molecular formula is C22H32IN3O. The molecule has 0 heterocycles. The van der Waals surface area contributed by atoms with Crippen LogP contribution in [0.3, 0.4) is 0 Å². The van der Waals surface area contributed by atoms with E-state index in [1.54, 1.807) is 0 Å². The molecular weight excluding hydrogens is 449 g/mol. The molecule has 0 fully saturated rings. The van der Waals surface area contributed by atoms with Crippen molar-refractivity contribution in [3.05, 3.63) is 71.3 Å². The summed E-state index contributed by atoms with van der Waals surface area (Å²) in [5, 5.41) is 6.89. The fourth-order valence-corrected chi connectivity index (χ4v) is 2.79. The van der Waals surface area contributed by atoms with Crippen LogP contribution in [0.4, 0.5) is 0 Å². The fourth-order valence-electron chi connectivity index (χ4n) is 2.79. The lowest BCUT2D eigenvalue weighted by atomic mass is 10.1. The Bertz CT molecular complexity index is 676. The van der Waals surface area contributed by atoms with Crippen LogP contribution in [0, 0.1) is 0 Å². The van der Waals surface area contributed by atoms with Crippen molar-refractivity contribution in [2.45, 2.75) is 45.9 Å². The molecule has 4 nitrogen and oxygen atoms in total. The van der Waals surface area contributed by atoms with Gasteiger partial charge in [-0.2, -0.15) is 0 Å². The van der Waals surface area contributed by atoms with E-state index in [-0.39, 0.29) is 24.0 Å². The SMILES string of the molecule is CCOCc1ccccc1CNC(=NC)NC(C)CCc1ccccc1.I. The quantitative estimate of drug-likeness (QED) is 0.315. The number of benzene rings is 2. The third-order valence-corrected chi connectivity index (χ3v) is 4.34. The lowest BCUT2D eigenvalue weighted by Crippen LogP contribution is -2.42. The van der Waals surface area contributed by atoms with Crippen LogP contribution < -0.4 is 10.6 Å². The van der Waals surface area contributed by atoms with Gasteiger partial charge in [-0.05, 0) is 43.4 Å². The number of ether oxygens (including phenoxy) is 1. The number of rotatable bonds is 9. The van der Waals surface area contributed by atoms with Crippen LogP contribution in [0.15, 0.2) is 59.6 Å². The van der Waals surface area contributed by atoms with Crippen molar-refractivity contribution >= 4 is 29.9 Å². The first kappa shape index (κ1) is 23.4. The normalized spacial score (nSPS) is 12.2. The number of nitrogens with one attached hydrogen (secondary N) is 2. The van der Waals surface area contributed by atoms with Gasteiger partial charge in [-0.15, -0.1) is 24.0 Å². The number of hydrogen-bond acceptors (Lipinski definition) is 2. The van der Waals surface area contributed by atoms with E-state index in [9.17, 15) is 0 Å². The lowest BCUT2D eigenvalue weighted by molar-refractivity contribution is 0.133. The summed E-state index contributed by atoms with van der Waals surface area (Å²) in [6.07, 6.45) is 2.12. The van der Waals surface area contributed by atoms with Gasteiger partial charge in [0.1, 0.15) is 0 Å². The molecule has 0 bridgehead atoms. The van der Waals surface area contributed by atoms with Crippen LogP contribution in [-0.4, -0.2) is 25.7 Å². The number of hydrogen-bond donors (Lipinski definition) is 2. The van der Waals surface area contributed by atoms with Gasteiger partial charge in [-0.25, -0.2) is 0 Å². The van der Waals surface area contributed by atoms with Crippen molar-refractivity contribution in [2.24, 2.45) is 4.99 Å². The number of aryl methyl sites for hydroxylation is 1. The first-order valence-electron chi connectivity index (χ1n) is 9.38. The molecule has 1 atom stereocenters. The van der Waals surface area contributed by atoms with Gasteiger partial charge in [0.05, 0.1) is 6.61 Å². The van der Waals surface area contributed by atoms with Crippen LogP contribution in [0.5, 0.6) is 0 Å². The minimum absolute atomic E-state index is 0. The van der Waals surface area contributed by atoms with E-state index in [0.29, 0.717) is 12.6 Å². The zero-order valence-corrected chi connectivity index (χ0v) is 18.9. The topological polar surface area (TPSA) is 45.6 Å². The summed E-state index contributed by atoms with van der Waals surface area (Å²) < 4.78 is 5.56. The Morgan fingerprint density at radius 1 is 1.04 bits per heavy atom. The van der Waals surface area contributed by atoms with E-state index < -0.39 is 0 Å². The molecule has 1 unspecified atom stereocenters. The number of aliphatic imine (C=N–C) groups is 1. The Morgan fingerprint density at radius 3 is 2.37 bits per heavy atom. The van der Waals surface area contributed by atoms with Gasteiger partial charge >= 0.3 is 0 Å². The Balaban J connectivity index is 0.00000364. The third-order valence-electron chi connectivity index (χ3n) is 4.34. The molecule has 27 heavy (non-hydrogen) atoms. The van der Waals surface area contributed by atoms with Crippen LogP contribution in [-0.2, 0) is 24.3 Å². The molecule has 0 spiro atoms. The molecule has 0 aliphatic heterocycles. The molecule has 148 valence electrons. The van der Waals surface area contributed by atoms with Crippen LogP contribution in [0.2, 0.25) is 0 Å². The summed E-state index contributed by atoms with van der Waals surface area (Å²) in [7, 11) is 1.81. The molecule has 0 aromatic heterocycles. The summed E-state index contributed by atoms with van der Waals surface area (Å²) in [6, 6.07) is 19.3. The molecule has 2 rings (SSSR count). The van der Waals surface area contributed by atoms with Crippen molar-refractivity contribution in [3.8, 4) is 0 Å². The highest BCUT2D eigenvalue weighted by Crippen LogP contribution is 2.10. The summed E-state index contributed by atoms with van der Waals surface area (Å²) in [6.45, 7) is 6.31. The van der Waals surface area contributed by atoms with E-state index in [4.69, 9.17) is 4.74 Å². The average molecular weight is 481 g/mol. The van der Waals surface area contributed by atoms with Gasteiger partial charge in [-0.3, -0.25) is 4.99 Å². The molecule has 0 aliphatic rings. The van der Waals surface area contributed by atoms with Gasteiger partial charge in [0.25, 0.3) is 0 Å². The van der Waals surface area contributed by atoms with E-state index in [2.05, 4.69) is 77.1 Å². The Kier molecular flexibility index (Phi) is 11.8. The molecule has 5 heteroatoms. The molecule has 0 aliphatic carbocycles. The molecule has 2 aromatic rings. The summed E-state index contributed by atoms with van der Waals surface area (Å²) in [5.41, 5.74) is 3.82. The Morgan fingerprint density at radius 2 is 1.70 bits per heavy atom. The van der Waals surface area contributed by atoms with Crippen molar-refractivity contribution < 1.29 is 4.74 Å². The van der Waals surface area contributed by atoms with E-state index in [0.717, 1.165) is 32.0 Å². The number of guanidine groups is 1. The second kappa shape index (κ2) is 13.6. The van der Waals surface area contributed by atoms with Crippen molar-refractivity contribution in [2.75, 3.05) is 13.7 Å². The van der Waals surface area contributed by atoms with Crippen LogP contribution in [0.25, 0.3) is 0 Å². The number of halogens is 1. The maximum atomic E-state index is 5.56. The van der Waals surface area contributed by atoms with Crippen molar-refractivity contribution in [3.63, 3.8) is 0 Å². The first-order valence-corrected chi connectivity index (χ1v) is 9.38. The summed E-state index contributed by atoms with van der Waals surface area (Å²) >= 11 is 0. The largest absolute Gasteiger partial charge is 0.377 e. The maximum Gasteiger partial charge on any atom is 0.191 e.